The molecular formula is C15H25N5O. The molecule has 1 aromatic heterocycles. The largest absolute Gasteiger partial charge is 0.376 e. The predicted octanol–water partition coefficient (Wildman–Crippen LogP) is 0.964. The third-order valence-corrected chi connectivity index (χ3v) is 4.41. The van der Waals surface area contributed by atoms with Gasteiger partial charge in [-0.15, -0.1) is 0 Å². The van der Waals surface area contributed by atoms with Crippen molar-refractivity contribution in [3.63, 3.8) is 0 Å². The summed E-state index contributed by atoms with van der Waals surface area (Å²) in [6, 6.07) is 0. The molecule has 2 aliphatic rings. The maximum atomic E-state index is 5.66. The highest BCUT2D eigenvalue weighted by Gasteiger charge is 2.27. The van der Waals surface area contributed by atoms with Gasteiger partial charge in [-0.1, -0.05) is 0 Å². The van der Waals surface area contributed by atoms with Crippen molar-refractivity contribution < 1.29 is 4.74 Å². The molecule has 0 spiro atoms. The monoisotopic (exact) mass is 291 g/mol. The van der Waals surface area contributed by atoms with E-state index in [1.54, 1.807) is 0 Å². The number of aryl methyl sites for hydroxylation is 1. The van der Waals surface area contributed by atoms with Gasteiger partial charge >= 0.3 is 0 Å². The van der Waals surface area contributed by atoms with Crippen molar-refractivity contribution >= 4 is 5.96 Å². The molecule has 0 radical (unpaired) electrons. The molecule has 2 aliphatic heterocycles. The quantitative estimate of drug-likeness (QED) is 0.666. The van der Waals surface area contributed by atoms with Crippen LogP contribution >= 0.6 is 0 Å². The van der Waals surface area contributed by atoms with Crippen LogP contribution in [0.1, 0.15) is 30.7 Å². The molecule has 0 bridgehead atoms. The van der Waals surface area contributed by atoms with Crippen molar-refractivity contribution in [2.24, 2.45) is 12.0 Å². The number of rotatable bonds is 3. The Balaban J connectivity index is 1.53. The van der Waals surface area contributed by atoms with Crippen molar-refractivity contribution in [3.05, 3.63) is 18.0 Å². The second kappa shape index (κ2) is 6.47. The number of guanidine groups is 1. The summed E-state index contributed by atoms with van der Waals surface area (Å²) >= 11 is 0. The first-order valence-electron chi connectivity index (χ1n) is 7.82. The van der Waals surface area contributed by atoms with Gasteiger partial charge < -0.3 is 15.0 Å². The summed E-state index contributed by atoms with van der Waals surface area (Å²) in [7, 11) is 3.83. The highest BCUT2D eigenvalue weighted by molar-refractivity contribution is 5.80. The van der Waals surface area contributed by atoms with E-state index >= 15 is 0 Å². The molecule has 2 atom stereocenters. The molecule has 6 heteroatoms. The summed E-state index contributed by atoms with van der Waals surface area (Å²) in [6.07, 6.45) is 7.94. The Hall–Kier alpha value is -1.56. The number of aliphatic imine (C=N–C) groups is 1. The third kappa shape index (κ3) is 3.37. The van der Waals surface area contributed by atoms with E-state index in [-0.39, 0.29) is 0 Å². The second-order valence-corrected chi connectivity index (χ2v) is 5.94. The van der Waals surface area contributed by atoms with E-state index < -0.39 is 0 Å². The maximum absolute atomic E-state index is 5.66. The molecule has 6 nitrogen and oxygen atoms in total. The van der Waals surface area contributed by atoms with Gasteiger partial charge in [0.05, 0.1) is 12.3 Å². The minimum Gasteiger partial charge on any atom is -0.376 e. The zero-order chi connectivity index (χ0) is 14.7. The van der Waals surface area contributed by atoms with Gasteiger partial charge in [-0.05, 0) is 24.8 Å². The molecule has 2 unspecified atom stereocenters. The van der Waals surface area contributed by atoms with E-state index in [1.807, 2.05) is 25.0 Å². The fraction of sp³-hybridized carbons (Fsp3) is 0.733. The SMILES string of the molecule is CN=C(NCC1CCCO1)N1CCC(c2cnn(C)c2)C1. The number of nitrogens with zero attached hydrogens (tertiary/aromatic N) is 4. The molecule has 0 aromatic carbocycles. The number of hydrogen-bond donors (Lipinski definition) is 1. The van der Waals surface area contributed by atoms with E-state index in [1.165, 1.54) is 12.0 Å². The first-order valence-corrected chi connectivity index (χ1v) is 7.82. The average Bonchev–Trinajstić information content (AvgIpc) is 3.19. The minimum absolute atomic E-state index is 0.346. The number of likely N-dealkylation sites (tertiary alicyclic amines) is 1. The van der Waals surface area contributed by atoms with E-state index in [0.29, 0.717) is 12.0 Å². The zero-order valence-corrected chi connectivity index (χ0v) is 13.0. The van der Waals surface area contributed by atoms with Crippen molar-refractivity contribution in [3.8, 4) is 0 Å². The van der Waals surface area contributed by atoms with Crippen molar-refractivity contribution in [1.29, 1.82) is 0 Å². The van der Waals surface area contributed by atoms with Gasteiger partial charge in [0, 0.05) is 52.5 Å². The highest BCUT2D eigenvalue weighted by Crippen LogP contribution is 2.26. The van der Waals surface area contributed by atoms with Gasteiger partial charge in [0.2, 0.25) is 0 Å². The van der Waals surface area contributed by atoms with Gasteiger partial charge in [-0.3, -0.25) is 9.67 Å². The van der Waals surface area contributed by atoms with Gasteiger partial charge in [0.25, 0.3) is 0 Å². The lowest BCUT2D eigenvalue weighted by Crippen LogP contribution is -2.42. The molecular weight excluding hydrogens is 266 g/mol. The zero-order valence-electron chi connectivity index (χ0n) is 13.0. The van der Waals surface area contributed by atoms with E-state index in [9.17, 15) is 0 Å². The van der Waals surface area contributed by atoms with Crippen LogP contribution < -0.4 is 5.32 Å². The fourth-order valence-electron chi connectivity index (χ4n) is 3.22. The first-order chi connectivity index (χ1) is 10.3. The Bertz CT molecular complexity index is 492. The molecule has 2 fully saturated rings. The summed E-state index contributed by atoms with van der Waals surface area (Å²) in [5.74, 6) is 1.55. The van der Waals surface area contributed by atoms with E-state index in [2.05, 4.69) is 26.5 Å². The maximum Gasteiger partial charge on any atom is 0.193 e. The van der Waals surface area contributed by atoms with Crippen LogP contribution in [0.25, 0.3) is 0 Å². The summed E-state index contributed by atoms with van der Waals surface area (Å²) in [6.45, 7) is 3.82. The van der Waals surface area contributed by atoms with Crippen LogP contribution in [0.3, 0.4) is 0 Å². The van der Waals surface area contributed by atoms with Crippen molar-refractivity contribution in [2.75, 3.05) is 33.3 Å². The lowest BCUT2D eigenvalue weighted by atomic mass is 10.0. The molecule has 21 heavy (non-hydrogen) atoms. The number of ether oxygens (including phenoxy) is 1. The van der Waals surface area contributed by atoms with E-state index in [0.717, 1.165) is 45.0 Å². The molecule has 3 rings (SSSR count). The van der Waals surface area contributed by atoms with Gasteiger partial charge in [0.1, 0.15) is 0 Å². The lowest BCUT2D eigenvalue weighted by molar-refractivity contribution is 0.113. The number of hydrogen-bond acceptors (Lipinski definition) is 3. The fourth-order valence-corrected chi connectivity index (χ4v) is 3.22. The van der Waals surface area contributed by atoms with E-state index in [4.69, 9.17) is 4.74 Å². The molecule has 0 aliphatic carbocycles. The molecule has 0 amide bonds. The van der Waals surface area contributed by atoms with Gasteiger partial charge in [-0.2, -0.15) is 5.10 Å². The summed E-state index contributed by atoms with van der Waals surface area (Å²) in [5, 5.41) is 7.74. The van der Waals surface area contributed by atoms with Crippen LogP contribution in [-0.4, -0.2) is 60.0 Å². The van der Waals surface area contributed by atoms with Gasteiger partial charge in [0.15, 0.2) is 5.96 Å². The molecule has 1 N–H and O–H groups in total. The van der Waals surface area contributed by atoms with Crippen LogP contribution in [0.5, 0.6) is 0 Å². The Labute approximate surface area is 126 Å². The third-order valence-electron chi connectivity index (χ3n) is 4.41. The first kappa shape index (κ1) is 14.4. The average molecular weight is 291 g/mol. The Morgan fingerprint density at radius 2 is 2.43 bits per heavy atom. The summed E-state index contributed by atoms with van der Waals surface area (Å²) < 4.78 is 7.53. The Kier molecular flexibility index (Phi) is 4.43. The van der Waals surface area contributed by atoms with Crippen LogP contribution in [0.15, 0.2) is 17.4 Å². The minimum atomic E-state index is 0.346. The van der Waals surface area contributed by atoms with Crippen molar-refractivity contribution in [2.45, 2.75) is 31.3 Å². The summed E-state index contributed by atoms with van der Waals surface area (Å²) in [4.78, 5) is 6.76. The molecule has 3 heterocycles. The Morgan fingerprint density at radius 1 is 1.52 bits per heavy atom. The second-order valence-electron chi connectivity index (χ2n) is 5.94. The molecule has 116 valence electrons. The smallest absolute Gasteiger partial charge is 0.193 e. The number of aromatic nitrogens is 2. The van der Waals surface area contributed by atoms with Crippen molar-refractivity contribution in [1.82, 2.24) is 20.0 Å². The van der Waals surface area contributed by atoms with Crippen LogP contribution in [0, 0.1) is 0 Å². The normalized spacial score (nSPS) is 26.6. The van der Waals surface area contributed by atoms with Crippen LogP contribution in [0.2, 0.25) is 0 Å². The highest BCUT2D eigenvalue weighted by atomic mass is 16.5. The standard InChI is InChI=1S/C15H25N5O/c1-16-15(17-9-14-4-3-7-21-14)20-6-5-12(11-20)13-8-18-19(2)10-13/h8,10,12,14H,3-7,9,11H2,1-2H3,(H,16,17). The molecule has 0 saturated carbocycles. The molecule has 1 aromatic rings. The Morgan fingerprint density at radius 3 is 3.10 bits per heavy atom. The van der Waals surface area contributed by atoms with Crippen LogP contribution in [-0.2, 0) is 11.8 Å². The predicted molar refractivity (Wildman–Crippen MR) is 82.5 cm³/mol. The topological polar surface area (TPSA) is 54.7 Å². The van der Waals surface area contributed by atoms with Gasteiger partial charge in [-0.25, -0.2) is 0 Å². The lowest BCUT2D eigenvalue weighted by Gasteiger charge is -2.23. The van der Waals surface area contributed by atoms with Crippen LogP contribution in [0.4, 0.5) is 0 Å². The summed E-state index contributed by atoms with van der Waals surface area (Å²) in [5.41, 5.74) is 1.33. The molecule has 2 saturated heterocycles. The number of nitrogens with one attached hydrogen (secondary N) is 1.